The van der Waals surface area contributed by atoms with Gasteiger partial charge in [-0.3, -0.25) is 9.79 Å². The molecule has 286 valence electrons. The molecule has 2 heterocycles. The first-order chi connectivity index (χ1) is 25.6. The molecule has 8 N–H and O–H groups in total. The Morgan fingerprint density at radius 3 is 2.51 bits per heavy atom. The predicted molar refractivity (Wildman–Crippen MR) is 216 cm³/mol. The summed E-state index contributed by atoms with van der Waals surface area (Å²) in [7, 11) is 0. The van der Waals surface area contributed by atoms with Gasteiger partial charge in [-0.05, 0) is 131 Å². The summed E-state index contributed by atoms with van der Waals surface area (Å²) in [6.45, 7) is 3.62. The molecule has 1 spiro atoms. The van der Waals surface area contributed by atoms with Gasteiger partial charge in [0.2, 0.25) is 0 Å². The van der Waals surface area contributed by atoms with E-state index in [1.807, 2.05) is 31.2 Å². The van der Waals surface area contributed by atoms with E-state index in [1.54, 1.807) is 41.7 Å². The molecule has 3 aliphatic rings. The lowest BCUT2D eigenvalue weighted by molar-refractivity contribution is 0.0187. The first-order valence-electron chi connectivity index (χ1n) is 19.4. The van der Waals surface area contributed by atoms with E-state index in [9.17, 15) is 25.2 Å². The second-order valence-corrected chi connectivity index (χ2v) is 17.8. The lowest BCUT2D eigenvalue weighted by atomic mass is 9.58. The number of carbonyl (C=O) groups excluding carboxylic acids is 1. The molecule has 3 aromatic rings. The van der Waals surface area contributed by atoms with E-state index in [2.05, 4.69) is 28.5 Å². The highest BCUT2D eigenvalue weighted by Gasteiger charge is 2.53. The summed E-state index contributed by atoms with van der Waals surface area (Å²) in [4.78, 5) is 23.5. The maximum Gasteiger partial charge on any atom is 0.189 e. The van der Waals surface area contributed by atoms with Crippen LogP contribution >= 0.6 is 22.7 Å². The van der Waals surface area contributed by atoms with Crippen LogP contribution in [-0.2, 0) is 6.42 Å². The van der Waals surface area contributed by atoms with Crippen molar-refractivity contribution in [2.75, 3.05) is 18.5 Å². The van der Waals surface area contributed by atoms with Gasteiger partial charge in [0.15, 0.2) is 11.7 Å². The summed E-state index contributed by atoms with van der Waals surface area (Å²) in [5, 5.41) is 48.2. The summed E-state index contributed by atoms with van der Waals surface area (Å²) in [6, 6.07) is 13.7. The third kappa shape index (κ3) is 9.83. The Balaban J connectivity index is 1.28. The van der Waals surface area contributed by atoms with Crippen molar-refractivity contribution in [3.05, 3.63) is 57.8 Å². The van der Waals surface area contributed by atoms with Gasteiger partial charge in [-0.25, -0.2) is 0 Å². The number of nitrogens with zero attached hydrogens (tertiary/aromatic N) is 1. The van der Waals surface area contributed by atoms with Crippen molar-refractivity contribution >= 4 is 40.1 Å². The number of anilines is 1. The molecule has 0 radical (unpaired) electrons. The smallest absolute Gasteiger partial charge is 0.189 e. The normalized spacial score (nSPS) is 25.4. The fourth-order valence-electron chi connectivity index (χ4n) is 9.20. The molecular weight excluding hydrogens is 705 g/mol. The van der Waals surface area contributed by atoms with Crippen LogP contribution in [0.3, 0.4) is 0 Å². The number of Topliss-reactive ketones (excluding diaryl/α,β-unsaturated/α-hetero) is 1. The molecule has 0 aliphatic heterocycles. The number of phenols is 1. The standard InChI is InChI=1S/C42H56N4O5S2/c1-3-7-33-11-13-37(52-33)38-14-15-39(53-38)40(51)34-12-10-28(22-42(34)17-16-29(23-42)36(50)25-47)35(46-41(43)45-30-8-5-4-6-9-30)20-27-18-31(21-32(49)19-27)44-24-26(2)48/h11,13-15,18-19,21,26,28-30,34-36,44,47-50H,4-6,8-10,12,16-17,20,22-25H2,1-2H3,(H3,43,45,46). The van der Waals surface area contributed by atoms with Crippen molar-refractivity contribution in [3.8, 4) is 27.3 Å². The van der Waals surface area contributed by atoms with Crippen LogP contribution in [0.1, 0.15) is 105 Å². The molecule has 3 aliphatic carbocycles. The number of aliphatic hydroxyl groups excluding tert-OH is 3. The number of carbonyl (C=O) groups is 1. The molecule has 6 rings (SSSR count). The van der Waals surface area contributed by atoms with Crippen LogP contribution in [0.4, 0.5) is 5.69 Å². The SMILES string of the molecule is CC#Cc1ccc(-c2ccc(C(=O)C3CCC(C(Cc4cc(O)cc(NCC(C)O)c4)NC(N)=NC4CCCCC4)CC34CCC(C(O)CO)C4)s2)s1. The minimum atomic E-state index is -0.815. The molecule has 1 aromatic carbocycles. The lowest BCUT2D eigenvalue weighted by Gasteiger charge is -2.47. The van der Waals surface area contributed by atoms with Gasteiger partial charge < -0.3 is 36.8 Å². The van der Waals surface area contributed by atoms with E-state index in [4.69, 9.17) is 10.7 Å². The Morgan fingerprint density at radius 2 is 1.75 bits per heavy atom. The van der Waals surface area contributed by atoms with E-state index in [1.165, 1.54) is 6.42 Å². The predicted octanol–water partition coefficient (Wildman–Crippen LogP) is 6.93. The highest BCUT2D eigenvalue weighted by atomic mass is 32.1. The topological polar surface area (TPSA) is 160 Å². The van der Waals surface area contributed by atoms with E-state index in [0.717, 1.165) is 82.1 Å². The van der Waals surface area contributed by atoms with E-state index < -0.39 is 12.2 Å². The Labute approximate surface area is 322 Å². The van der Waals surface area contributed by atoms with Crippen molar-refractivity contribution < 1.29 is 25.2 Å². The van der Waals surface area contributed by atoms with E-state index in [0.29, 0.717) is 31.8 Å². The first kappa shape index (κ1) is 39.3. The van der Waals surface area contributed by atoms with Gasteiger partial charge in [0.25, 0.3) is 0 Å². The van der Waals surface area contributed by atoms with Crippen LogP contribution in [0.5, 0.6) is 5.75 Å². The van der Waals surface area contributed by atoms with Gasteiger partial charge in [-0.1, -0.05) is 25.2 Å². The molecule has 7 unspecified atom stereocenters. The van der Waals surface area contributed by atoms with Gasteiger partial charge in [-0.15, -0.1) is 28.6 Å². The maximum absolute atomic E-state index is 14.6. The minimum Gasteiger partial charge on any atom is -0.508 e. The third-order valence-electron chi connectivity index (χ3n) is 11.7. The number of aliphatic imine (C=N–C) groups is 1. The first-order valence-corrected chi connectivity index (χ1v) is 21.0. The summed E-state index contributed by atoms with van der Waals surface area (Å²) < 4.78 is 0. The van der Waals surface area contributed by atoms with E-state index >= 15 is 0 Å². The molecule has 53 heavy (non-hydrogen) atoms. The van der Waals surface area contributed by atoms with Crippen molar-refractivity contribution in [1.29, 1.82) is 0 Å². The minimum absolute atomic E-state index is 0.0740. The second-order valence-electron chi connectivity index (χ2n) is 15.7. The van der Waals surface area contributed by atoms with Crippen LogP contribution in [0.2, 0.25) is 0 Å². The summed E-state index contributed by atoms with van der Waals surface area (Å²) in [5.74, 6) is 6.72. The quantitative estimate of drug-likeness (QED) is 0.0428. The van der Waals surface area contributed by atoms with E-state index in [-0.39, 0.29) is 53.4 Å². The monoisotopic (exact) mass is 760 g/mol. The highest BCUT2D eigenvalue weighted by Crippen LogP contribution is 2.58. The van der Waals surface area contributed by atoms with Crippen LogP contribution in [-0.4, -0.2) is 69.6 Å². The average molecular weight is 761 g/mol. The molecule has 0 amide bonds. The molecule has 3 fully saturated rings. The fraction of sp³-hybridized carbons (Fsp3) is 0.571. The number of aliphatic hydroxyl groups is 3. The number of guanidine groups is 1. The number of nitrogens with one attached hydrogen (secondary N) is 2. The summed E-state index contributed by atoms with van der Waals surface area (Å²) >= 11 is 3.19. The van der Waals surface area contributed by atoms with Crippen molar-refractivity contribution in [2.24, 2.45) is 33.9 Å². The third-order valence-corrected chi connectivity index (χ3v) is 14.0. The fourth-order valence-corrected chi connectivity index (χ4v) is 11.2. The van der Waals surface area contributed by atoms with Crippen LogP contribution in [0.25, 0.3) is 9.75 Å². The zero-order valence-electron chi connectivity index (χ0n) is 31.0. The number of hydrogen-bond donors (Lipinski definition) is 7. The lowest BCUT2D eigenvalue weighted by Crippen LogP contribution is -2.50. The zero-order chi connectivity index (χ0) is 37.5. The number of phenolic OH excluding ortho intramolecular Hbond substituents is 1. The number of rotatable bonds is 13. The molecular formula is C42H56N4O5S2. The number of benzene rings is 1. The second kappa shape index (κ2) is 17.8. The Bertz CT molecular complexity index is 1790. The number of nitrogens with two attached hydrogens (primary N) is 1. The molecule has 7 atom stereocenters. The van der Waals surface area contributed by atoms with Gasteiger partial charge >= 0.3 is 0 Å². The molecule has 0 bridgehead atoms. The Kier molecular flexibility index (Phi) is 13.2. The van der Waals surface area contributed by atoms with Crippen molar-refractivity contribution in [1.82, 2.24) is 5.32 Å². The number of aromatic hydroxyl groups is 1. The maximum atomic E-state index is 14.6. The van der Waals surface area contributed by atoms with Crippen LogP contribution in [0, 0.1) is 35.0 Å². The number of ketones is 1. The molecule has 0 saturated heterocycles. The molecule has 2 aromatic heterocycles. The largest absolute Gasteiger partial charge is 0.508 e. The van der Waals surface area contributed by atoms with Gasteiger partial charge in [0.05, 0.1) is 34.6 Å². The zero-order valence-corrected chi connectivity index (χ0v) is 32.7. The Hall–Kier alpha value is -3.40. The molecule has 11 heteroatoms. The van der Waals surface area contributed by atoms with Crippen molar-refractivity contribution in [3.63, 3.8) is 0 Å². The van der Waals surface area contributed by atoms with Gasteiger partial charge in [0.1, 0.15) is 5.75 Å². The van der Waals surface area contributed by atoms with Crippen molar-refractivity contribution in [2.45, 2.75) is 115 Å². The summed E-state index contributed by atoms with van der Waals surface area (Å²) in [5.41, 5.74) is 8.01. The van der Waals surface area contributed by atoms with Crippen LogP contribution in [0.15, 0.2) is 47.5 Å². The molecule has 3 saturated carbocycles. The number of thiophene rings is 2. The summed E-state index contributed by atoms with van der Waals surface area (Å²) in [6.07, 6.45) is 9.41. The van der Waals surface area contributed by atoms with Crippen LogP contribution < -0.4 is 16.4 Å². The molecule has 9 nitrogen and oxygen atoms in total. The van der Waals surface area contributed by atoms with Gasteiger partial charge in [-0.2, -0.15) is 0 Å². The average Bonchev–Trinajstić information content (AvgIpc) is 3.91. The number of hydrogen-bond acceptors (Lipinski definition) is 9. The van der Waals surface area contributed by atoms with Gasteiger partial charge in [0, 0.05) is 40.0 Å². The highest BCUT2D eigenvalue weighted by molar-refractivity contribution is 7.23. The Morgan fingerprint density at radius 1 is 1.00 bits per heavy atom.